The Morgan fingerprint density at radius 2 is 1.89 bits per heavy atom. The number of aromatic nitrogens is 2. The van der Waals surface area contributed by atoms with Crippen molar-refractivity contribution in [3.05, 3.63) is 51.5 Å². The van der Waals surface area contributed by atoms with E-state index in [1.165, 1.54) is 24.3 Å². The second-order valence-corrected chi connectivity index (χ2v) is 8.04. The monoisotopic (exact) mass is 391 g/mol. The molecule has 0 unspecified atom stereocenters. The number of benzene rings is 1. The Morgan fingerprint density at radius 1 is 1.15 bits per heavy atom. The van der Waals surface area contributed by atoms with Crippen molar-refractivity contribution in [1.82, 2.24) is 14.7 Å². The van der Waals surface area contributed by atoms with Gasteiger partial charge < -0.3 is 5.32 Å². The van der Waals surface area contributed by atoms with E-state index in [-0.39, 0.29) is 11.4 Å². The van der Waals surface area contributed by atoms with Gasteiger partial charge in [0.05, 0.1) is 4.92 Å². The van der Waals surface area contributed by atoms with Crippen molar-refractivity contribution < 1.29 is 13.3 Å². The van der Waals surface area contributed by atoms with Gasteiger partial charge in [-0.3, -0.25) is 10.1 Å². The average molecular weight is 391 g/mol. The van der Waals surface area contributed by atoms with Crippen molar-refractivity contribution in [2.45, 2.75) is 37.5 Å². The number of nitrogens with one attached hydrogen (secondary N) is 2. The first-order valence-electron chi connectivity index (χ1n) is 8.72. The summed E-state index contributed by atoms with van der Waals surface area (Å²) in [6, 6.07) is 5.27. The van der Waals surface area contributed by atoms with Gasteiger partial charge in [-0.05, 0) is 38.7 Å². The molecule has 10 heteroatoms. The number of para-hydroxylation sites is 1. The van der Waals surface area contributed by atoms with Gasteiger partial charge in [-0.2, -0.15) is 0 Å². The standard InChI is InChI=1S/C17H21N5O4S/c1-12-20-14-7-3-2-6-13(14)17(21-12)18-10-11-19-27(25,26)16-9-5-4-8-15(16)22(23)24/h4-5,8-9,19H,2-3,6-7,10-11H2,1H3,(H,18,20,21). The van der Waals surface area contributed by atoms with E-state index in [4.69, 9.17) is 0 Å². The van der Waals surface area contributed by atoms with Crippen molar-refractivity contribution >= 4 is 21.5 Å². The summed E-state index contributed by atoms with van der Waals surface area (Å²) in [6.07, 6.45) is 4.02. The number of anilines is 1. The third-order valence-electron chi connectivity index (χ3n) is 4.36. The molecule has 1 heterocycles. The number of aryl methyl sites for hydroxylation is 2. The predicted molar refractivity (Wildman–Crippen MR) is 100 cm³/mol. The number of nitro benzene ring substituents is 1. The lowest BCUT2D eigenvalue weighted by atomic mass is 9.96. The Balaban J connectivity index is 1.66. The van der Waals surface area contributed by atoms with Gasteiger partial charge in [0.1, 0.15) is 11.6 Å². The van der Waals surface area contributed by atoms with Crippen molar-refractivity contribution in [1.29, 1.82) is 0 Å². The molecule has 3 rings (SSSR count). The summed E-state index contributed by atoms with van der Waals surface area (Å²) in [5, 5.41) is 14.2. The minimum absolute atomic E-state index is 0.0756. The van der Waals surface area contributed by atoms with Gasteiger partial charge in [0.15, 0.2) is 4.90 Å². The zero-order valence-electron chi connectivity index (χ0n) is 14.9. The molecule has 0 atom stereocenters. The summed E-state index contributed by atoms with van der Waals surface area (Å²) in [4.78, 5) is 18.9. The average Bonchev–Trinajstić information content (AvgIpc) is 2.65. The largest absolute Gasteiger partial charge is 0.368 e. The molecule has 1 aromatic heterocycles. The van der Waals surface area contributed by atoms with Crippen LogP contribution in [0.1, 0.15) is 29.9 Å². The molecule has 0 bridgehead atoms. The minimum Gasteiger partial charge on any atom is -0.368 e. The minimum atomic E-state index is -3.98. The van der Waals surface area contributed by atoms with E-state index in [1.54, 1.807) is 0 Å². The quantitative estimate of drug-likeness (QED) is 0.419. The molecule has 0 fully saturated rings. The van der Waals surface area contributed by atoms with E-state index >= 15 is 0 Å². The molecule has 9 nitrogen and oxygen atoms in total. The summed E-state index contributed by atoms with van der Waals surface area (Å²) in [5.41, 5.74) is 1.70. The van der Waals surface area contributed by atoms with Crippen LogP contribution in [0.3, 0.4) is 0 Å². The van der Waals surface area contributed by atoms with E-state index in [1.807, 2.05) is 6.92 Å². The van der Waals surface area contributed by atoms with Crippen molar-refractivity contribution in [3.63, 3.8) is 0 Å². The van der Waals surface area contributed by atoms with E-state index in [9.17, 15) is 18.5 Å². The molecule has 0 radical (unpaired) electrons. The normalized spacial score (nSPS) is 13.8. The fourth-order valence-electron chi connectivity index (χ4n) is 3.14. The summed E-state index contributed by atoms with van der Waals surface area (Å²) in [6.45, 7) is 2.21. The van der Waals surface area contributed by atoms with Crippen LogP contribution in [0, 0.1) is 17.0 Å². The highest BCUT2D eigenvalue weighted by atomic mass is 32.2. The molecule has 0 saturated carbocycles. The van der Waals surface area contributed by atoms with Crippen LogP contribution in [0.4, 0.5) is 11.5 Å². The van der Waals surface area contributed by atoms with Crippen molar-refractivity contribution in [3.8, 4) is 0 Å². The third-order valence-corrected chi connectivity index (χ3v) is 5.86. The highest BCUT2D eigenvalue weighted by Crippen LogP contribution is 2.25. The fraction of sp³-hybridized carbons (Fsp3) is 0.412. The number of nitrogens with zero attached hydrogens (tertiary/aromatic N) is 3. The molecule has 144 valence electrons. The Labute approximate surface area is 157 Å². The highest BCUT2D eigenvalue weighted by molar-refractivity contribution is 7.89. The highest BCUT2D eigenvalue weighted by Gasteiger charge is 2.24. The topological polar surface area (TPSA) is 127 Å². The maximum absolute atomic E-state index is 12.4. The van der Waals surface area contributed by atoms with Gasteiger partial charge in [-0.1, -0.05) is 12.1 Å². The van der Waals surface area contributed by atoms with Gasteiger partial charge in [0, 0.05) is 30.4 Å². The van der Waals surface area contributed by atoms with Crippen LogP contribution in [-0.4, -0.2) is 36.4 Å². The molecular formula is C17H21N5O4S. The Hall–Kier alpha value is -2.59. The number of hydrogen-bond donors (Lipinski definition) is 2. The van der Waals surface area contributed by atoms with Crippen LogP contribution < -0.4 is 10.0 Å². The number of hydrogen-bond acceptors (Lipinski definition) is 7. The van der Waals surface area contributed by atoms with E-state index in [0.717, 1.165) is 42.8 Å². The van der Waals surface area contributed by atoms with Gasteiger partial charge in [-0.25, -0.2) is 23.1 Å². The molecule has 0 saturated heterocycles. The molecule has 0 amide bonds. The Kier molecular flexibility index (Phi) is 5.66. The summed E-state index contributed by atoms with van der Waals surface area (Å²) in [5.74, 6) is 1.42. The Morgan fingerprint density at radius 3 is 2.67 bits per heavy atom. The van der Waals surface area contributed by atoms with Crippen LogP contribution in [0.15, 0.2) is 29.2 Å². The predicted octanol–water partition coefficient (Wildman–Crippen LogP) is 1.96. The van der Waals surface area contributed by atoms with Crippen LogP contribution in [0.2, 0.25) is 0 Å². The fourth-order valence-corrected chi connectivity index (χ4v) is 4.34. The summed E-state index contributed by atoms with van der Waals surface area (Å²) in [7, 11) is -3.98. The van der Waals surface area contributed by atoms with Gasteiger partial charge in [-0.15, -0.1) is 0 Å². The molecule has 1 aliphatic rings. The number of sulfonamides is 1. The summed E-state index contributed by atoms with van der Waals surface area (Å²) >= 11 is 0. The van der Waals surface area contributed by atoms with Gasteiger partial charge in [0.25, 0.3) is 5.69 Å². The van der Waals surface area contributed by atoms with Crippen molar-refractivity contribution in [2.24, 2.45) is 0 Å². The molecule has 1 aliphatic carbocycles. The second kappa shape index (κ2) is 7.97. The lowest BCUT2D eigenvalue weighted by Gasteiger charge is -2.19. The van der Waals surface area contributed by atoms with Crippen LogP contribution >= 0.6 is 0 Å². The van der Waals surface area contributed by atoms with Crippen LogP contribution in [0.25, 0.3) is 0 Å². The maximum atomic E-state index is 12.4. The first-order chi connectivity index (χ1) is 12.9. The van der Waals surface area contributed by atoms with E-state index in [0.29, 0.717) is 12.4 Å². The Bertz CT molecular complexity index is 962. The van der Waals surface area contributed by atoms with Crippen LogP contribution in [-0.2, 0) is 22.9 Å². The number of fused-ring (bicyclic) bond motifs is 1. The number of nitro groups is 1. The van der Waals surface area contributed by atoms with Crippen molar-refractivity contribution in [2.75, 3.05) is 18.4 Å². The lowest BCUT2D eigenvalue weighted by molar-refractivity contribution is -0.387. The smallest absolute Gasteiger partial charge is 0.289 e. The molecular weight excluding hydrogens is 370 g/mol. The lowest BCUT2D eigenvalue weighted by Crippen LogP contribution is -2.30. The zero-order valence-corrected chi connectivity index (χ0v) is 15.8. The molecule has 27 heavy (non-hydrogen) atoms. The van der Waals surface area contributed by atoms with E-state index in [2.05, 4.69) is 20.0 Å². The number of rotatable bonds is 7. The molecule has 1 aromatic carbocycles. The third kappa shape index (κ3) is 4.40. The zero-order chi connectivity index (χ0) is 19.4. The molecule has 0 spiro atoms. The SMILES string of the molecule is Cc1nc2c(c(NCCNS(=O)(=O)c3ccccc3[N+](=O)[O-])n1)CCCC2. The maximum Gasteiger partial charge on any atom is 0.289 e. The first-order valence-corrected chi connectivity index (χ1v) is 10.2. The van der Waals surface area contributed by atoms with Gasteiger partial charge >= 0.3 is 0 Å². The van der Waals surface area contributed by atoms with Crippen LogP contribution in [0.5, 0.6) is 0 Å². The molecule has 2 N–H and O–H groups in total. The first kappa shape index (κ1) is 19.2. The van der Waals surface area contributed by atoms with Gasteiger partial charge in [0.2, 0.25) is 10.0 Å². The molecule has 2 aromatic rings. The van der Waals surface area contributed by atoms with E-state index < -0.39 is 20.6 Å². The summed E-state index contributed by atoms with van der Waals surface area (Å²) < 4.78 is 27.2. The second-order valence-electron chi connectivity index (χ2n) is 6.30. The molecule has 0 aliphatic heterocycles.